The minimum Gasteiger partial charge on any atom is -0.368 e. The summed E-state index contributed by atoms with van der Waals surface area (Å²) in [6.07, 6.45) is 5.01. The maximum absolute atomic E-state index is 11.9. The minimum absolute atomic E-state index is 0.196. The quantitative estimate of drug-likeness (QED) is 0.879. The van der Waals surface area contributed by atoms with Crippen molar-refractivity contribution in [3.05, 3.63) is 29.3 Å². The number of hydrogen-bond acceptors (Lipinski definition) is 3. The second kappa shape index (κ2) is 5.58. The van der Waals surface area contributed by atoms with Gasteiger partial charge in [0.1, 0.15) is 0 Å². The summed E-state index contributed by atoms with van der Waals surface area (Å²) >= 11 is 7.81. The van der Waals surface area contributed by atoms with Crippen molar-refractivity contribution >= 4 is 29.3 Å². The van der Waals surface area contributed by atoms with E-state index in [0.717, 1.165) is 29.2 Å². The van der Waals surface area contributed by atoms with E-state index in [0.29, 0.717) is 11.3 Å². The molecule has 0 bridgehead atoms. The number of nitrogens with two attached hydrogens (primary N) is 1. The van der Waals surface area contributed by atoms with Crippen LogP contribution in [0.3, 0.4) is 0 Å². The maximum atomic E-state index is 11.9. The summed E-state index contributed by atoms with van der Waals surface area (Å²) in [7, 11) is 0. The number of carbonyl (C=O) groups is 1. The van der Waals surface area contributed by atoms with Crippen LogP contribution in [0.25, 0.3) is 0 Å². The van der Waals surface area contributed by atoms with Crippen LogP contribution in [0.4, 0.5) is 0 Å². The van der Waals surface area contributed by atoms with Gasteiger partial charge >= 0.3 is 0 Å². The molecule has 2 atom stereocenters. The summed E-state index contributed by atoms with van der Waals surface area (Å²) in [6, 6.07) is 8.38. The lowest BCUT2D eigenvalue weighted by atomic mass is 9.96. The zero-order valence-corrected chi connectivity index (χ0v) is 12.8. The van der Waals surface area contributed by atoms with Gasteiger partial charge in [-0.05, 0) is 50.3 Å². The van der Waals surface area contributed by atoms with E-state index in [1.165, 1.54) is 12.8 Å². The van der Waals surface area contributed by atoms with Crippen molar-refractivity contribution in [1.29, 1.82) is 0 Å². The van der Waals surface area contributed by atoms with Crippen LogP contribution in [0.5, 0.6) is 0 Å². The Balaban J connectivity index is 1.66. The highest BCUT2D eigenvalue weighted by Gasteiger charge is 2.46. The van der Waals surface area contributed by atoms with Gasteiger partial charge in [0.15, 0.2) is 0 Å². The van der Waals surface area contributed by atoms with Crippen molar-refractivity contribution in [1.82, 2.24) is 5.32 Å². The van der Waals surface area contributed by atoms with Crippen LogP contribution in [0.15, 0.2) is 29.2 Å². The molecule has 2 aliphatic rings. The molecule has 0 aromatic heterocycles. The fraction of sp³-hybridized carbons (Fsp3) is 0.533. The molecule has 2 aliphatic carbocycles. The van der Waals surface area contributed by atoms with E-state index in [2.05, 4.69) is 11.4 Å². The van der Waals surface area contributed by atoms with Crippen molar-refractivity contribution < 1.29 is 4.79 Å². The first-order valence-electron chi connectivity index (χ1n) is 7.07. The second-order valence-corrected chi connectivity index (χ2v) is 7.62. The Morgan fingerprint density at radius 1 is 1.40 bits per heavy atom. The number of primary amides is 1. The van der Waals surface area contributed by atoms with E-state index in [4.69, 9.17) is 17.3 Å². The number of carbonyl (C=O) groups excluding carboxylic acids is 1. The Morgan fingerprint density at radius 3 is 2.85 bits per heavy atom. The number of rotatable bonds is 5. The molecule has 2 unspecified atom stereocenters. The minimum atomic E-state index is -0.489. The van der Waals surface area contributed by atoms with Gasteiger partial charge in [-0.15, -0.1) is 11.8 Å². The Labute approximate surface area is 128 Å². The molecule has 2 fully saturated rings. The molecule has 3 rings (SSSR count). The molecule has 20 heavy (non-hydrogen) atoms. The highest BCUT2D eigenvalue weighted by Crippen LogP contribution is 2.42. The topological polar surface area (TPSA) is 55.1 Å². The molecule has 0 spiro atoms. The fourth-order valence-electron chi connectivity index (χ4n) is 2.88. The zero-order chi connectivity index (χ0) is 14.2. The van der Waals surface area contributed by atoms with Crippen LogP contribution >= 0.6 is 23.4 Å². The van der Waals surface area contributed by atoms with Crippen molar-refractivity contribution in [2.75, 3.05) is 0 Å². The van der Waals surface area contributed by atoms with E-state index in [9.17, 15) is 4.79 Å². The zero-order valence-electron chi connectivity index (χ0n) is 11.3. The average molecular weight is 311 g/mol. The van der Waals surface area contributed by atoms with E-state index in [1.54, 1.807) is 11.8 Å². The summed E-state index contributed by atoms with van der Waals surface area (Å²) in [5.74, 6) is -0.196. The van der Waals surface area contributed by atoms with E-state index in [-0.39, 0.29) is 5.91 Å². The van der Waals surface area contributed by atoms with Gasteiger partial charge < -0.3 is 11.1 Å². The molecule has 3 N–H and O–H groups in total. The molecule has 0 saturated heterocycles. The van der Waals surface area contributed by atoms with E-state index >= 15 is 0 Å². The number of amides is 1. The molecule has 3 nitrogen and oxygen atoms in total. The third-order valence-electron chi connectivity index (χ3n) is 4.10. The number of nitrogens with one attached hydrogen (secondary N) is 1. The molecule has 5 heteroatoms. The molecule has 0 heterocycles. The van der Waals surface area contributed by atoms with Crippen LogP contribution in [-0.2, 0) is 4.79 Å². The number of hydrogen-bond donors (Lipinski definition) is 2. The lowest BCUT2D eigenvalue weighted by Crippen LogP contribution is -2.54. The smallest absolute Gasteiger partial charge is 0.237 e. The standard InChI is InChI=1S/C15H19ClN2OS/c16-10-2-1-3-12(8-10)20-13-6-7-15(9-13,14(17)19)18-11-4-5-11/h1-3,8,11,13,18H,4-7,9H2,(H2,17,19). The summed E-state index contributed by atoms with van der Waals surface area (Å²) < 4.78 is 0. The lowest BCUT2D eigenvalue weighted by molar-refractivity contribution is -0.124. The van der Waals surface area contributed by atoms with Gasteiger partial charge in [0.05, 0.1) is 5.54 Å². The van der Waals surface area contributed by atoms with E-state index < -0.39 is 5.54 Å². The molecule has 1 aromatic carbocycles. The first-order valence-corrected chi connectivity index (χ1v) is 8.33. The molecule has 1 amide bonds. The molecule has 2 saturated carbocycles. The maximum Gasteiger partial charge on any atom is 0.237 e. The van der Waals surface area contributed by atoms with Crippen LogP contribution in [-0.4, -0.2) is 22.7 Å². The molecular formula is C15H19ClN2OS. The lowest BCUT2D eigenvalue weighted by Gasteiger charge is -2.27. The Kier molecular flexibility index (Phi) is 3.98. The third-order valence-corrected chi connectivity index (χ3v) is 5.59. The number of benzene rings is 1. The molecule has 0 radical (unpaired) electrons. The van der Waals surface area contributed by atoms with Gasteiger partial charge in [-0.2, -0.15) is 0 Å². The fourth-order valence-corrected chi connectivity index (χ4v) is 4.47. The second-order valence-electron chi connectivity index (χ2n) is 5.81. The molecule has 108 valence electrons. The third kappa shape index (κ3) is 3.13. The largest absolute Gasteiger partial charge is 0.368 e. The average Bonchev–Trinajstić information content (AvgIpc) is 3.10. The van der Waals surface area contributed by atoms with Crippen LogP contribution in [0.2, 0.25) is 5.02 Å². The summed E-state index contributed by atoms with van der Waals surface area (Å²) in [6.45, 7) is 0. The predicted octanol–water partition coefficient (Wildman–Crippen LogP) is 2.96. The Morgan fingerprint density at radius 2 is 2.20 bits per heavy atom. The Hall–Kier alpha value is -0.710. The van der Waals surface area contributed by atoms with Crippen molar-refractivity contribution in [2.24, 2.45) is 5.73 Å². The van der Waals surface area contributed by atoms with Gasteiger partial charge in [0.25, 0.3) is 0 Å². The van der Waals surface area contributed by atoms with Crippen LogP contribution in [0, 0.1) is 0 Å². The van der Waals surface area contributed by atoms with Crippen LogP contribution in [0.1, 0.15) is 32.1 Å². The molecule has 1 aromatic rings. The first-order chi connectivity index (χ1) is 9.57. The van der Waals surface area contributed by atoms with Crippen molar-refractivity contribution in [2.45, 2.75) is 53.8 Å². The Bertz CT molecular complexity index is 520. The van der Waals surface area contributed by atoms with E-state index in [1.807, 2.05) is 18.2 Å². The van der Waals surface area contributed by atoms with Crippen molar-refractivity contribution in [3.8, 4) is 0 Å². The monoisotopic (exact) mass is 310 g/mol. The number of thioether (sulfide) groups is 1. The SMILES string of the molecule is NC(=O)C1(NC2CC2)CCC(Sc2cccc(Cl)c2)C1. The van der Waals surface area contributed by atoms with Gasteiger partial charge in [-0.3, -0.25) is 4.79 Å². The van der Waals surface area contributed by atoms with Gasteiger partial charge in [-0.25, -0.2) is 0 Å². The highest BCUT2D eigenvalue weighted by atomic mass is 35.5. The normalized spacial score (nSPS) is 29.6. The van der Waals surface area contributed by atoms with Crippen LogP contribution < -0.4 is 11.1 Å². The van der Waals surface area contributed by atoms with Gasteiger partial charge in [0.2, 0.25) is 5.91 Å². The van der Waals surface area contributed by atoms with Crippen molar-refractivity contribution in [3.63, 3.8) is 0 Å². The van der Waals surface area contributed by atoms with Gasteiger partial charge in [-0.1, -0.05) is 17.7 Å². The summed E-state index contributed by atoms with van der Waals surface area (Å²) in [5, 5.41) is 4.66. The molecule has 0 aliphatic heterocycles. The highest BCUT2D eigenvalue weighted by molar-refractivity contribution is 8.00. The van der Waals surface area contributed by atoms with Gasteiger partial charge in [0, 0.05) is 21.2 Å². The number of halogens is 1. The first kappa shape index (κ1) is 14.2. The summed E-state index contributed by atoms with van der Waals surface area (Å²) in [5.41, 5.74) is 5.17. The molecular weight excluding hydrogens is 292 g/mol. The summed E-state index contributed by atoms with van der Waals surface area (Å²) in [4.78, 5) is 13.0. The predicted molar refractivity (Wildman–Crippen MR) is 83.0 cm³/mol.